The summed E-state index contributed by atoms with van der Waals surface area (Å²) >= 11 is 1.19. The summed E-state index contributed by atoms with van der Waals surface area (Å²) in [7, 11) is 1.97. The fourth-order valence-electron chi connectivity index (χ4n) is 2.04. The van der Waals surface area contributed by atoms with Crippen molar-refractivity contribution in [2.45, 2.75) is 31.1 Å². The van der Waals surface area contributed by atoms with Crippen LogP contribution in [0.2, 0.25) is 0 Å². The zero-order chi connectivity index (χ0) is 13.8. The van der Waals surface area contributed by atoms with Gasteiger partial charge in [-0.05, 0) is 13.3 Å². The molecule has 1 aliphatic heterocycles. The van der Waals surface area contributed by atoms with E-state index in [1.165, 1.54) is 11.8 Å². The minimum atomic E-state index is -0.852. The van der Waals surface area contributed by atoms with Gasteiger partial charge in [-0.1, -0.05) is 11.8 Å². The van der Waals surface area contributed by atoms with Crippen LogP contribution in [0.5, 0.6) is 0 Å². The van der Waals surface area contributed by atoms with E-state index in [0.717, 1.165) is 19.0 Å². The topological polar surface area (TPSA) is 80.5 Å². The number of anilines is 1. The Hall–Kier alpha value is -1.28. The Morgan fingerprint density at radius 3 is 3.00 bits per heavy atom. The molecular weight excluding hydrogens is 268 g/mol. The molecule has 1 aliphatic rings. The van der Waals surface area contributed by atoms with E-state index in [0.29, 0.717) is 24.3 Å². The van der Waals surface area contributed by atoms with Crippen LogP contribution < -0.4 is 4.90 Å². The average Bonchev–Trinajstić information content (AvgIpc) is 3.04. The molecule has 8 heteroatoms. The van der Waals surface area contributed by atoms with Gasteiger partial charge in [-0.25, -0.2) is 0 Å². The van der Waals surface area contributed by atoms with Crippen LogP contribution in [0.25, 0.3) is 0 Å². The third-order valence-corrected chi connectivity index (χ3v) is 4.06. The van der Waals surface area contributed by atoms with E-state index in [1.807, 2.05) is 18.5 Å². The van der Waals surface area contributed by atoms with Crippen LogP contribution >= 0.6 is 11.8 Å². The molecule has 0 radical (unpaired) electrons. The second-order valence-electron chi connectivity index (χ2n) is 4.34. The number of hydrogen-bond acceptors (Lipinski definition) is 6. The Bertz CT molecular complexity index is 445. The number of nitrogens with zero attached hydrogens (tertiary/aromatic N) is 4. The van der Waals surface area contributed by atoms with Crippen molar-refractivity contribution < 1.29 is 14.6 Å². The van der Waals surface area contributed by atoms with Gasteiger partial charge in [0.2, 0.25) is 5.95 Å². The summed E-state index contributed by atoms with van der Waals surface area (Å²) < 4.78 is 7.31. The van der Waals surface area contributed by atoms with Gasteiger partial charge in [0.15, 0.2) is 5.16 Å². The van der Waals surface area contributed by atoms with Crippen LogP contribution in [0.1, 0.15) is 13.3 Å². The first kappa shape index (κ1) is 14.1. The summed E-state index contributed by atoms with van der Waals surface area (Å²) in [5, 5.41) is 17.6. The van der Waals surface area contributed by atoms with Gasteiger partial charge >= 0.3 is 5.97 Å². The van der Waals surface area contributed by atoms with Crippen LogP contribution in [0.3, 0.4) is 0 Å². The molecule has 7 nitrogen and oxygen atoms in total. The second-order valence-corrected chi connectivity index (χ2v) is 5.28. The molecule has 2 rings (SSSR count). The van der Waals surface area contributed by atoms with E-state index in [-0.39, 0.29) is 5.75 Å². The van der Waals surface area contributed by atoms with Crippen LogP contribution in [-0.4, -0.2) is 57.9 Å². The van der Waals surface area contributed by atoms with Gasteiger partial charge in [0.1, 0.15) is 0 Å². The minimum Gasteiger partial charge on any atom is -0.481 e. The Morgan fingerprint density at radius 1 is 1.63 bits per heavy atom. The first-order chi connectivity index (χ1) is 9.13. The van der Waals surface area contributed by atoms with Gasteiger partial charge in [0.25, 0.3) is 0 Å². The number of rotatable bonds is 6. The highest BCUT2D eigenvalue weighted by Crippen LogP contribution is 2.24. The molecule has 1 N–H and O–H groups in total. The predicted octanol–water partition coefficient (Wildman–Crippen LogP) is 0.700. The number of carboxylic acids is 1. The van der Waals surface area contributed by atoms with Gasteiger partial charge in [-0.3, -0.25) is 9.36 Å². The summed E-state index contributed by atoms with van der Waals surface area (Å²) in [5.41, 5.74) is 0. The van der Waals surface area contributed by atoms with E-state index in [9.17, 15) is 4.79 Å². The molecule has 0 saturated carbocycles. The normalized spacial score (nSPS) is 18.7. The van der Waals surface area contributed by atoms with Crippen molar-refractivity contribution in [2.24, 2.45) is 0 Å². The molecule has 1 unspecified atom stereocenters. The number of aromatic nitrogens is 3. The predicted molar refractivity (Wildman–Crippen MR) is 71.7 cm³/mol. The molecule has 1 atom stereocenters. The first-order valence-electron chi connectivity index (χ1n) is 6.21. The molecule has 1 aromatic rings. The van der Waals surface area contributed by atoms with Crippen molar-refractivity contribution in [2.75, 3.05) is 30.9 Å². The highest BCUT2D eigenvalue weighted by molar-refractivity contribution is 7.99. The van der Waals surface area contributed by atoms with Crippen molar-refractivity contribution in [3.05, 3.63) is 0 Å². The molecule has 1 fully saturated rings. The Balaban J connectivity index is 2.13. The van der Waals surface area contributed by atoms with Crippen LogP contribution in [0.15, 0.2) is 5.16 Å². The maximum atomic E-state index is 10.6. The number of likely N-dealkylation sites (N-methyl/N-ethyl adjacent to an activating group) is 1. The van der Waals surface area contributed by atoms with E-state index in [4.69, 9.17) is 9.84 Å². The molecule has 0 aliphatic carbocycles. The van der Waals surface area contributed by atoms with Crippen molar-refractivity contribution >= 4 is 23.7 Å². The maximum Gasteiger partial charge on any atom is 0.313 e. The van der Waals surface area contributed by atoms with Crippen LogP contribution in [-0.2, 0) is 16.1 Å². The SMILES string of the molecule is CCn1c(SCC(=O)O)nnc1N(C)C1CCOC1. The van der Waals surface area contributed by atoms with E-state index in [1.54, 1.807) is 0 Å². The fourth-order valence-corrected chi connectivity index (χ4v) is 2.76. The monoisotopic (exact) mass is 286 g/mol. The second kappa shape index (κ2) is 6.25. The lowest BCUT2D eigenvalue weighted by molar-refractivity contribution is -0.133. The third-order valence-electron chi connectivity index (χ3n) is 3.11. The standard InChI is InChI=1S/C11H18N4O3S/c1-3-15-10(14(2)8-4-5-18-6-8)12-13-11(15)19-7-9(16)17/h8H,3-7H2,1-2H3,(H,16,17). The molecule has 106 valence electrons. The van der Waals surface area contributed by atoms with E-state index >= 15 is 0 Å². The zero-order valence-electron chi connectivity index (χ0n) is 11.1. The fraction of sp³-hybridized carbons (Fsp3) is 0.727. The number of carboxylic acid groups (broad SMARTS) is 1. The van der Waals surface area contributed by atoms with Crippen LogP contribution in [0, 0.1) is 0 Å². The number of ether oxygens (including phenoxy) is 1. The number of aliphatic carboxylic acids is 1. The molecule has 0 bridgehead atoms. The minimum absolute atomic E-state index is 0.00557. The van der Waals surface area contributed by atoms with Crippen molar-refractivity contribution in [3.63, 3.8) is 0 Å². The average molecular weight is 286 g/mol. The molecule has 0 amide bonds. The number of carbonyl (C=O) groups is 1. The third kappa shape index (κ3) is 3.19. The van der Waals surface area contributed by atoms with Crippen molar-refractivity contribution in [3.8, 4) is 0 Å². The lowest BCUT2D eigenvalue weighted by Crippen LogP contribution is -2.34. The maximum absolute atomic E-state index is 10.6. The molecule has 1 saturated heterocycles. The summed E-state index contributed by atoms with van der Waals surface area (Å²) in [5.74, 6) is -0.0883. The summed E-state index contributed by atoms with van der Waals surface area (Å²) in [6, 6.07) is 0.312. The van der Waals surface area contributed by atoms with Crippen molar-refractivity contribution in [1.29, 1.82) is 0 Å². The van der Waals surface area contributed by atoms with Crippen LogP contribution in [0.4, 0.5) is 5.95 Å². The molecule has 19 heavy (non-hydrogen) atoms. The highest BCUT2D eigenvalue weighted by atomic mass is 32.2. The summed E-state index contributed by atoms with van der Waals surface area (Å²) in [6.45, 7) is 4.18. The van der Waals surface area contributed by atoms with Gasteiger partial charge in [-0.15, -0.1) is 10.2 Å². The van der Waals surface area contributed by atoms with Gasteiger partial charge in [0, 0.05) is 20.2 Å². The smallest absolute Gasteiger partial charge is 0.313 e. The lowest BCUT2D eigenvalue weighted by atomic mass is 10.2. The van der Waals surface area contributed by atoms with E-state index in [2.05, 4.69) is 15.1 Å². The quantitative estimate of drug-likeness (QED) is 0.771. The molecule has 0 aromatic carbocycles. The Morgan fingerprint density at radius 2 is 2.42 bits per heavy atom. The first-order valence-corrected chi connectivity index (χ1v) is 7.20. The van der Waals surface area contributed by atoms with E-state index < -0.39 is 5.97 Å². The van der Waals surface area contributed by atoms with Gasteiger partial charge < -0.3 is 14.7 Å². The highest BCUT2D eigenvalue weighted by Gasteiger charge is 2.25. The van der Waals surface area contributed by atoms with Gasteiger partial charge in [-0.2, -0.15) is 0 Å². The van der Waals surface area contributed by atoms with Crippen molar-refractivity contribution in [1.82, 2.24) is 14.8 Å². The Kier molecular flexibility index (Phi) is 4.65. The number of thioether (sulfide) groups is 1. The van der Waals surface area contributed by atoms with Gasteiger partial charge in [0.05, 0.1) is 18.4 Å². The molecule has 2 heterocycles. The largest absolute Gasteiger partial charge is 0.481 e. The zero-order valence-corrected chi connectivity index (χ0v) is 11.9. The molecular formula is C11H18N4O3S. The number of hydrogen-bond donors (Lipinski definition) is 1. The Labute approximate surface area is 115 Å². The molecule has 0 spiro atoms. The summed E-state index contributed by atoms with van der Waals surface area (Å²) in [4.78, 5) is 12.7. The lowest BCUT2D eigenvalue weighted by Gasteiger charge is -2.24. The molecule has 1 aromatic heterocycles. The summed E-state index contributed by atoms with van der Waals surface area (Å²) in [6.07, 6.45) is 0.977.